The molecule has 0 aliphatic carbocycles. The second-order valence-electron chi connectivity index (χ2n) is 8.36. The van der Waals surface area contributed by atoms with Gasteiger partial charge in [0.2, 0.25) is 11.8 Å². The van der Waals surface area contributed by atoms with Crippen molar-refractivity contribution in [2.45, 2.75) is 17.7 Å². The molecule has 2 aliphatic heterocycles. The first-order chi connectivity index (χ1) is 16.5. The summed E-state index contributed by atoms with van der Waals surface area (Å²) < 4.78 is 0. The number of rotatable bonds is 9. The largest absolute Gasteiger partial charge is 0.369 e. The molecule has 0 spiro atoms. The Kier molecular flexibility index (Phi) is 8.02. The van der Waals surface area contributed by atoms with Crippen molar-refractivity contribution in [2.75, 3.05) is 61.4 Å². The van der Waals surface area contributed by atoms with Crippen LogP contribution in [-0.4, -0.2) is 73.2 Å². The maximum atomic E-state index is 12.3. The lowest BCUT2D eigenvalue weighted by atomic mass is 10.2. The Morgan fingerprint density at radius 1 is 1.03 bits per heavy atom. The second-order valence-corrected chi connectivity index (χ2v) is 9.37. The molecule has 2 aliphatic rings. The zero-order valence-electron chi connectivity index (χ0n) is 19.0. The monoisotopic (exact) mass is 483 g/mol. The van der Waals surface area contributed by atoms with E-state index in [0.29, 0.717) is 25.3 Å². The van der Waals surface area contributed by atoms with Gasteiger partial charge in [0.1, 0.15) is 0 Å². The van der Waals surface area contributed by atoms with Crippen LogP contribution in [0.3, 0.4) is 0 Å². The number of nitro groups is 1. The van der Waals surface area contributed by atoms with Gasteiger partial charge in [-0.3, -0.25) is 24.6 Å². The van der Waals surface area contributed by atoms with Crippen molar-refractivity contribution >= 4 is 40.6 Å². The maximum absolute atomic E-state index is 12.3. The predicted octanol–water partition coefficient (Wildman–Crippen LogP) is 2.75. The molecule has 180 valence electrons. The van der Waals surface area contributed by atoms with Gasteiger partial charge in [-0.2, -0.15) is 0 Å². The van der Waals surface area contributed by atoms with E-state index < -0.39 is 0 Å². The van der Waals surface area contributed by atoms with Crippen LogP contribution in [0, 0.1) is 10.1 Å². The summed E-state index contributed by atoms with van der Waals surface area (Å²) in [4.78, 5) is 42.4. The van der Waals surface area contributed by atoms with Crippen molar-refractivity contribution in [3.05, 3.63) is 58.6 Å². The summed E-state index contributed by atoms with van der Waals surface area (Å²) in [5, 5.41) is 13.8. The molecule has 2 aromatic carbocycles. The van der Waals surface area contributed by atoms with Crippen LogP contribution in [0.2, 0.25) is 0 Å². The van der Waals surface area contributed by atoms with E-state index in [-0.39, 0.29) is 22.4 Å². The lowest BCUT2D eigenvalue weighted by molar-refractivity contribution is -0.384. The highest BCUT2D eigenvalue weighted by molar-refractivity contribution is 8.00. The fraction of sp³-hybridized carbons (Fsp3) is 0.417. The number of anilines is 2. The van der Waals surface area contributed by atoms with Crippen molar-refractivity contribution in [1.82, 2.24) is 10.2 Å². The van der Waals surface area contributed by atoms with Gasteiger partial charge in [0.05, 0.1) is 16.4 Å². The third-order valence-electron chi connectivity index (χ3n) is 6.14. The predicted molar refractivity (Wildman–Crippen MR) is 134 cm³/mol. The van der Waals surface area contributed by atoms with Crippen molar-refractivity contribution in [3.8, 4) is 0 Å². The first-order valence-corrected chi connectivity index (χ1v) is 12.5. The van der Waals surface area contributed by atoms with Gasteiger partial charge in [0.25, 0.3) is 5.69 Å². The zero-order valence-corrected chi connectivity index (χ0v) is 19.8. The van der Waals surface area contributed by atoms with E-state index in [9.17, 15) is 19.7 Å². The van der Waals surface area contributed by atoms with E-state index in [1.54, 1.807) is 40.9 Å². The number of para-hydroxylation sites is 1. The molecule has 0 aromatic heterocycles. The van der Waals surface area contributed by atoms with E-state index in [1.807, 2.05) is 24.3 Å². The number of fused-ring (bicyclic) bond motifs is 1. The van der Waals surface area contributed by atoms with Crippen molar-refractivity contribution in [3.63, 3.8) is 0 Å². The minimum Gasteiger partial charge on any atom is -0.369 e. The van der Waals surface area contributed by atoms with Crippen LogP contribution in [0.15, 0.2) is 53.4 Å². The van der Waals surface area contributed by atoms with E-state index in [0.717, 1.165) is 55.4 Å². The summed E-state index contributed by atoms with van der Waals surface area (Å²) in [6.45, 7) is 5.48. The van der Waals surface area contributed by atoms with Crippen molar-refractivity contribution in [1.29, 1.82) is 0 Å². The number of non-ortho nitro benzene ring substituents is 1. The maximum Gasteiger partial charge on any atom is 0.269 e. The Morgan fingerprint density at radius 3 is 2.50 bits per heavy atom. The molecular weight excluding hydrogens is 454 g/mol. The average Bonchev–Trinajstić information content (AvgIpc) is 2.86. The van der Waals surface area contributed by atoms with Crippen molar-refractivity contribution in [2.24, 2.45) is 0 Å². The van der Waals surface area contributed by atoms with Gasteiger partial charge in [-0.05, 0) is 37.2 Å². The molecule has 0 radical (unpaired) electrons. The van der Waals surface area contributed by atoms with E-state index in [4.69, 9.17) is 0 Å². The van der Waals surface area contributed by atoms with Crippen LogP contribution in [0.4, 0.5) is 17.1 Å². The summed E-state index contributed by atoms with van der Waals surface area (Å²) >= 11 is 1.54. The molecule has 1 saturated heterocycles. The van der Waals surface area contributed by atoms with Gasteiger partial charge in [-0.25, -0.2) is 0 Å². The van der Waals surface area contributed by atoms with E-state index in [1.165, 1.54) is 0 Å². The number of thioether (sulfide) groups is 1. The number of carbonyl (C=O) groups excluding carboxylic acids is 2. The second kappa shape index (κ2) is 11.3. The highest BCUT2D eigenvalue weighted by Gasteiger charge is 2.24. The molecule has 2 amide bonds. The number of nitrogens with one attached hydrogen (secondary N) is 1. The SMILES string of the molecule is O=C(CCN1C(=O)CSc2ccccc21)NCCCN1CCN(c2ccc([N+](=O)[O-])cc2)CC1. The molecule has 4 rings (SSSR count). The molecule has 2 heterocycles. The Bertz CT molecular complexity index is 1020. The number of amides is 2. The van der Waals surface area contributed by atoms with Crippen LogP contribution in [0.25, 0.3) is 0 Å². The van der Waals surface area contributed by atoms with Gasteiger partial charge >= 0.3 is 0 Å². The van der Waals surface area contributed by atoms with Gasteiger partial charge in [-0.15, -0.1) is 11.8 Å². The van der Waals surface area contributed by atoms with Gasteiger partial charge in [0, 0.05) is 68.4 Å². The number of nitrogens with zero attached hydrogens (tertiary/aromatic N) is 4. The Labute approximate surface area is 203 Å². The molecule has 1 N–H and O–H groups in total. The van der Waals surface area contributed by atoms with Gasteiger partial charge in [0.15, 0.2) is 0 Å². The lowest BCUT2D eigenvalue weighted by Crippen LogP contribution is -2.47. The molecule has 0 unspecified atom stereocenters. The average molecular weight is 484 g/mol. The van der Waals surface area contributed by atoms with E-state index in [2.05, 4.69) is 15.1 Å². The smallest absolute Gasteiger partial charge is 0.269 e. The third kappa shape index (κ3) is 6.06. The Balaban J connectivity index is 1.12. The topological polar surface area (TPSA) is 99.0 Å². The van der Waals surface area contributed by atoms with Gasteiger partial charge < -0.3 is 15.1 Å². The Morgan fingerprint density at radius 2 is 1.76 bits per heavy atom. The number of piperazine rings is 1. The zero-order chi connectivity index (χ0) is 23.9. The van der Waals surface area contributed by atoms with Crippen molar-refractivity contribution < 1.29 is 14.5 Å². The number of hydrogen-bond donors (Lipinski definition) is 1. The van der Waals surface area contributed by atoms with Crippen LogP contribution in [-0.2, 0) is 9.59 Å². The molecule has 0 bridgehead atoms. The first-order valence-electron chi connectivity index (χ1n) is 11.5. The quantitative estimate of drug-likeness (QED) is 0.333. The van der Waals surface area contributed by atoms with Crippen LogP contribution in [0.1, 0.15) is 12.8 Å². The minimum absolute atomic E-state index is 0.0357. The fourth-order valence-electron chi connectivity index (χ4n) is 4.25. The molecule has 1 fully saturated rings. The summed E-state index contributed by atoms with van der Waals surface area (Å²) in [6.07, 6.45) is 1.16. The Hall–Kier alpha value is -3.11. The summed E-state index contributed by atoms with van der Waals surface area (Å²) in [7, 11) is 0. The third-order valence-corrected chi connectivity index (χ3v) is 7.19. The summed E-state index contributed by atoms with van der Waals surface area (Å²) in [6, 6.07) is 14.5. The number of benzene rings is 2. The number of carbonyl (C=O) groups is 2. The fourth-order valence-corrected chi connectivity index (χ4v) is 5.18. The summed E-state index contributed by atoms with van der Waals surface area (Å²) in [5.41, 5.74) is 2.01. The standard InChI is InChI=1S/C24H29N5O4S/c30-23(10-13-28-21-4-1-2-5-22(21)34-18-24(28)31)25-11-3-12-26-14-16-27(17-15-26)19-6-8-20(9-7-19)29(32)33/h1-2,4-9H,3,10-18H2,(H,25,30). The van der Waals surface area contributed by atoms with Crippen LogP contribution < -0.4 is 15.1 Å². The van der Waals surface area contributed by atoms with Crippen LogP contribution >= 0.6 is 11.8 Å². The van der Waals surface area contributed by atoms with Gasteiger partial charge in [-0.1, -0.05) is 12.1 Å². The molecule has 9 nitrogen and oxygen atoms in total. The summed E-state index contributed by atoms with van der Waals surface area (Å²) in [5.74, 6) is 0.423. The highest BCUT2D eigenvalue weighted by Crippen LogP contribution is 2.34. The lowest BCUT2D eigenvalue weighted by Gasteiger charge is -2.36. The highest BCUT2D eigenvalue weighted by atomic mass is 32.2. The minimum atomic E-state index is -0.383. The normalized spacial score (nSPS) is 16.3. The molecule has 10 heteroatoms. The molecule has 0 saturated carbocycles. The molecule has 0 atom stereocenters. The van der Waals surface area contributed by atoms with E-state index >= 15 is 0 Å². The molecular formula is C24H29N5O4S. The van der Waals surface area contributed by atoms with Crippen LogP contribution in [0.5, 0.6) is 0 Å². The first kappa shape index (κ1) is 24.0. The number of nitro benzene ring substituents is 1. The molecule has 2 aromatic rings. The number of hydrogen-bond acceptors (Lipinski definition) is 7. The molecule has 34 heavy (non-hydrogen) atoms.